The zero-order valence-electron chi connectivity index (χ0n) is 12.3. The summed E-state index contributed by atoms with van der Waals surface area (Å²) in [5, 5.41) is 1.80. The second-order valence-corrected chi connectivity index (χ2v) is 7.71. The molecule has 2 nitrogen and oxygen atoms in total. The fourth-order valence-corrected chi connectivity index (χ4v) is 4.21. The van der Waals surface area contributed by atoms with E-state index < -0.39 is 0 Å². The lowest BCUT2D eigenvalue weighted by atomic mass is 10.1. The highest BCUT2D eigenvalue weighted by Gasteiger charge is 2.10. The van der Waals surface area contributed by atoms with Gasteiger partial charge in [0.15, 0.2) is 0 Å². The lowest BCUT2D eigenvalue weighted by molar-refractivity contribution is 0.343. The van der Waals surface area contributed by atoms with Crippen molar-refractivity contribution in [1.29, 1.82) is 0 Å². The van der Waals surface area contributed by atoms with Crippen LogP contribution >= 0.6 is 47.5 Å². The third kappa shape index (κ3) is 8.56. The Balaban J connectivity index is 0.00000220. The smallest absolute Gasteiger partial charge is 0.0960 e. The normalized spacial score (nSPS) is 15.1. The molecule has 0 atom stereocenters. The standard InChI is InChI=1S/C15H23ClN2S2.ClH/c16-14-6-7-15(17-12-14)20-10-5-3-1-2-4-8-18-9-11-19-13-18;/h6-7,12H,1-5,8-11,13H2;1H. The van der Waals surface area contributed by atoms with Gasteiger partial charge in [0.05, 0.1) is 10.0 Å². The van der Waals surface area contributed by atoms with Crippen LogP contribution < -0.4 is 0 Å². The van der Waals surface area contributed by atoms with Crippen LogP contribution in [0.2, 0.25) is 5.02 Å². The molecule has 120 valence electrons. The number of aromatic nitrogens is 1. The van der Waals surface area contributed by atoms with E-state index in [1.807, 2.05) is 23.9 Å². The van der Waals surface area contributed by atoms with E-state index in [0.717, 1.165) is 10.8 Å². The summed E-state index contributed by atoms with van der Waals surface area (Å²) < 4.78 is 0. The first kappa shape index (κ1) is 19.4. The summed E-state index contributed by atoms with van der Waals surface area (Å²) in [5.41, 5.74) is 0. The van der Waals surface area contributed by atoms with E-state index in [0.29, 0.717) is 5.02 Å². The number of unbranched alkanes of at least 4 members (excludes halogenated alkanes) is 4. The molecule has 0 amide bonds. The van der Waals surface area contributed by atoms with Crippen molar-refractivity contribution >= 4 is 47.5 Å². The molecular weight excluding hydrogens is 343 g/mol. The average Bonchev–Trinajstić information content (AvgIpc) is 2.97. The van der Waals surface area contributed by atoms with Gasteiger partial charge in [0.2, 0.25) is 0 Å². The van der Waals surface area contributed by atoms with Gasteiger partial charge in [-0.05, 0) is 37.3 Å². The van der Waals surface area contributed by atoms with Crippen molar-refractivity contribution in [3.63, 3.8) is 0 Å². The molecule has 0 radical (unpaired) electrons. The molecule has 1 aromatic rings. The van der Waals surface area contributed by atoms with Gasteiger partial charge >= 0.3 is 0 Å². The highest BCUT2D eigenvalue weighted by atomic mass is 35.5. The molecule has 0 unspecified atom stereocenters. The van der Waals surface area contributed by atoms with Crippen molar-refractivity contribution in [2.45, 2.75) is 37.1 Å². The third-order valence-corrected chi connectivity index (χ3v) is 5.67. The molecule has 1 saturated heterocycles. The molecule has 0 aromatic carbocycles. The zero-order chi connectivity index (χ0) is 14.0. The Morgan fingerprint density at radius 1 is 1.19 bits per heavy atom. The molecule has 0 aliphatic carbocycles. The molecule has 21 heavy (non-hydrogen) atoms. The van der Waals surface area contributed by atoms with Crippen LogP contribution in [0.15, 0.2) is 23.4 Å². The maximum absolute atomic E-state index is 5.81. The molecule has 1 aromatic heterocycles. The van der Waals surface area contributed by atoms with Crippen molar-refractivity contribution in [3.8, 4) is 0 Å². The van der Waals surface area contributed by atoms with Crippen LogP contribution in [0.4, 0.5) is 0 Å². The molecule has 1 fully saturated rings. The highest BCUT2D eigenvalue weighted by Crippen LogP contribution is 2.19. The number of hydrogen-bond acceptors (Lipinski definition) is 4. The topological polar surface area (TPSA) is 16.1 Å². The molecule has 0 saturated carbocycles. The predicted octanol–water partition coefficient (Wildman–Crippen LogP) is 5.21. The van der Waals surface area contributed by atoms with Crippen LogP contribution in [0.3, 0.4) is 0 Å². The van der Waals surface area contributed by atoms with Crippen LogP contribution in [-0.2, 0) is 0 Å². The van der Waals surface area contributed by atoms with Crippen molar-refractivity contribution in [3.05, 3.63) is 23.4 Å². The number of pyridine rings is 1. The van der Waals surface area contributed by atoms with E-state index in [1.165, 1.54) is 56.8 Å². The number of halogens is 2. The summed E-state index contributed by atoms with van der Waals surface area (Å²) in [6.45, 7) is 2.60. The van der Waals surface area contributed by atoms with Crippen molar-refractivity contribution < 1.29 is 0 Å². The van der Waals surface area contributed by atoms with Gasteiger partial charge in [0.25, 0.3) is 0 Å². The van der Waals surface area contributed by atoms with E-state index in [-0.39, 0.29) is 12.4 Å². The maximum atomic E-state index is 5.81. The van der Waals surface area contributed by atoms with Gasteiger partial charge < -0.3 is 0 Å². The van der Waals surface area contributed by atoms with Crippen LogP contribution in [0, 0.1) is 0 Å². The maximum Gasteiger partial charge on any atom is 0.0960 e. The van der Waals surface area contributed by atoms with Gasteiger partial charge in [-0.1, -0.05) is 30.9 Å². The molecule has 1 aliphatic heterocycles. The van der Waals surface area contributed by atoms with Crippen molar-refractivity contribution in [2.75, 3.05) is 30.5 Å². The summed E-state index contributed by atoms with van der Waals surface area (Å²) in [5.74, 6) is 3.75. The molecule has 0 spiro atoms. The summed E-state index contributed by atoms with van der Waals surface area (Å²) in [6, 6.07) is 3.91. The Hall–Kier alpha value is 0.390. The van der Waals surface area contributed by atoms with Gasteiger partial charge in [-0.3, -0.25) is 4.90 Å². The number of nitrogens with zero attached hydrogens (tertiary/aromatic N) is 2. The highest BCUT2D eigenvalue weighted by molar-refractivity contribution is 7.99. The Labute approximate surface area is 148 Å². The number of thioether (sulfide) groups is 2. The Bertz CT molecular complexity index is 370. The SMILES string of the molecule is Cl.Clc1ccc(SCCCCCCCN2CCSC2)nc1. The lowest BCUT2D eigenvalue weighted by Gasteiger charge is -2.12. The van der Waals surface area contributed by atoms with E-state index in [1.54, 1.807) is 6.20 Å². The first-order valence-electron chi connectivity index (χ1n) is 7.39. The first-order chi connectivity index (χ1) is 9.84. The fraction of sp³-hybridized carbons (Fsp3) is 0.667. The Kier molecular flexibility index (Phi) is 11.0. The van der Waals surface area contributed by atoms with E-state index in [2.05, 4.69) is 21.6 Å². The summed E-state index contributed by atoms with van der Waals surface area (Å²) in [7, 11) is 0. The zero-order valence-corrected chi connectivity index (χ0v) is 15.5. The fourth-order valence-electron chi connectivity index (χ4n) is 2.22. The Morgan fingerprint density at radius 2 is 2.00 bits per heavy atom. The van der Waals surface area contributed by atoms with E-state index in [9.17, 15) is 0 Å². The third-order valence-electron chi connectivity index (χ3n) is 3.39. The van der Waals surface area contributed by atoms with Crippen LogP contribution in [0.25, 0.3) is 0 Å². The monoisotopic (exact) mass is 366 g/mol. The first-order valence-corrected chi connectivity index (χ1v) is 9.91. The van der Waals surface area contributed by atoms with Crippen LogP contribution in [0.5, 0.6) is 0 Å². The minimum absolute atomic E-state index is 0. The number of hydrogen-bond donors (Lipinski definition) is 0. The van der Waals surface area contributed by atoms with Crippen molar-refractivity contribution in [2.24, 2.45) is 0 Å². The van der Waals surface area contributed by atoms with Gasteiger partial charge in [-0.2, -0.15) is 0 Å². The second-order valence-electron chi connectivity index (χ2n) is 5.09. The van der Waals surface area contributed by atoms with Gasteiger partial charge in [-0.25, -0.2) is 4.98 Å². The molecule has 6 heteroatoms. The summed E-state index contributed by atoms with van der Waals surface area (Å²) in [6.07, 6.45) is 8.47. The Morgan fingerprint density at radius 3 is 2.71 bits per heavy atom. The molecule has 2 heterocycles. The average molecular weight is 367 g/mol. The molecule has 0 bridgehead atoms. The minimum atomic E-state index is 0. The van der Waals surface area contributed by atoms with Gasteiger partial charge in [0.1, 0.15) is 0 Å². The van der Waals surface area contributed by atoms with E-state index >= 15 is 0 Å². The largest absolute Gasteiger partial charge is 0.293 e. The van der Waals surface area contributed by atoms with Gasteiger partial charge in [0, 0.05) is 24.4 Å². The summed E-state index contributed by atoms with van der Waals surface area (Å²) >= 11 is 9.71. The minimum Gasteiger partial charge on any atom is -0.293 e. The molecule has 0 N–H and O–H groups in total. The molecule has 1 aliphatic rings. The quantitative estimate of drug-likeness (QED) is 0.440. The second kappa shape index (κ2) is 11.9. The number of rotatable bonds is 9. The van der Waals surface area contributed by atoms with Crippen molar-refractivity contribution in [1.82, 2.24) is 9.88 Å². The van der Waals surface area contributed by atoms with Crippen LogP contribution in [0.1, 0.15) is 32.1 Å². The summed E-state index contributed by atoms with van der Waals surface area (Å²) in [4.78, 5) is 6.87. The molecular formula is C15H24Cl2N2S2. The van der Waals surface area contributed by atoms with Crippen LogP contribution in [-0.4, -0.2) is 40.4 Å². The molecule has 2 rings (SSSR count). The predicted molar refractivity (Wildman–Crippen MR) is 99.2 cm³/mol. The lowest BCUT2D eigenvalue weighted by Crippen LogP contribution is -2.20. The van der Waals surface area contributed by atoms with Gasteiger partial charge in [-0.15, -0.1) is 35.9 Å². The van der Waals surface area contributed by atoms with E-state index in [4.69, 9.17) is 11.6 Å².